The molecule has 4 nitrogen and oxygen atoms in total. The Labute approximate surface area is 130 Å². The summed E-state index contributed by atoms with van der Waals surface area (Å²) in [5, 5.41) is 6.92. The molecule has 0 radical (unpaired) electrons. The quantitative estimate of drug-likeness (QED) is 0.776. The molecule has 1 unspecified atom stereocenters. The van der Waals surface area contributed by atoms with Gasteiger partial charge in [0.2, 0.25) is 0 Å². The molecular weight excluding hydrogens is 260 g/mol. The summed E-state index contributed by atoms with van der Waals surface area (Å²) >= 11 is 0. The Morgan fingerprint density at radius 1 is 1.10 bits per heavy atom. The van der Waals surface area contributed by atoms with Gasteiger partial charge >= 0.3 is 0 Å². The van der Waals surface area contributed by atoms with Crippen LogP contribution in [0, 0.1) is 6.92 Å². The van der Waals surface area contributed by atoms with E-state index < -0.39 is 0 Å². The minimum absolute atomic E-state index is 0.0546. The summed E-state index contributed by atoms with van der Waals surface area (Å²) < 4.78 is 0. The van der Waals surface area contributed by atoms with Crippen molar-refractivity contribution in [1.82, 2.24) is 9.97 Å². The average molecular weight is 292 g/mol. The topological polar surface area (TPSA) is 49.8 Å². The van der Waals surface area contributed by atoms with Crippen LogP contribution in [0.25, 0.3) is 0 Å². The van der Waals surface area contributed by atoms with E-state index in [0.717, 1.165) is 29.6 Å². The first kappa shape index (κ1) is 17.7. The van der Waals surface area contributed by atoms with Crippen molar-refractivity contribution in [3.63, 3.8) is 0 Å². The molecular formula is C17H32N4. The zero-order valence-electron chi connectivity index (χ0n) is 14.8. The normalized spacial score (nSPS) is 13.1. The van der Waals surface area contributed by atoms with Gasteiger partial charge in [-0.2, -0.15) is 0 Å². The maximum absolute atomic E-state index is 4.77. The van der Waals surface area contributed by atoms with E-state index >= 15 is 0 Å². The Kier molecular flexibility index (Phi) is 6.43. The van der Waals surface area contributed by atoms with Crippen LogP contribution in [0.1, 0.15) is 72.2 Å². The molecule has 0 saturated carbocycles. The van der Waals surface area contributed by atoms with Crippen LogP contribution in [0.3, 0.4) is 0 Å². The molecule has 0 fully saturated rings. The van der Waals surface area contributed by atoms with E-state index in [2.05, 4.69) is 59.1 Å². The molecule has 0 bridgehead atoms. The third-order valence-electron chi connectivity index (χ3n) is 3.53. The molecule has 1 aromatic rings. The fourth-order valence-electron chi connectivity index (χ4n) is 2.15. The van der Waals surface area contributed by atoms with Gasteiger partial charge in [0.15, 0.2) is 0 Å². The Hall–Kier alpha value is -1.32. The molecule has 0 amide bonds. The van der Waals surface area contributed by atoms with Crippen LogP contribution in [0.15, 0.2) is 0 Å². The molecule has 1 rings (SSSR count). The van der Waals surface area contributed by atoms with Crippen LogP contribution in [0.4, 0.5) is 11.6 Å². The first-order valence-corrected chi connectivity index (χ1v) is 8.19. The molecule has 1 atom stereocenters. The number of rotatable bonds is 7. The lowest BCUT2D eigenvalue weighted by molar-refractivity contribution is 0.544. The van der Waals surface area contributed by atoms with Crippen molar-refractivity contribution in [3.05, 3.63) is 11.4 Å². The number of nitrogens with one attached hydrogen (secondary N) is 2. The third kappa shape index (κ3) is 5.18. The van der Waals surface area contributed by atoms with E-state index in [1.807, 2.05) is 0 Å². The van der Waals surface area contributed by atoms with Crippen molar-refractivity contribution < 1.29 is 0 Å². The lowest BCUT2D eigenvalue weighted by atomic mass is 9.95. The predicted molar refractivity (Wildman–Crippen MR) is 92.2 cm³/mol. The summed E-state index contributed by atoms with van der Waals surface area (Å²) in [5.41, 5.74) is 1.05. The fraction of sp³-hybridized carbons (Fsp3) is 0.765. The number of nitrogens with zero attached hydrogens (tertiary/aromatic N) is 2. The van der Waals surface area contributed by atoms with Crippen LogP contribution < -0.4 is 10.6 Å². The van der Waals surface area contributed by atoms with E-state index in [1.54, 1.807) is 0 Å². The van der Waals surface area contributed by atoms with Crippen molar-refractivity contribution in [2.75, 3.05) is 17.2 Å². The average Bonchev–Trinajstić information content (AvgIpc) is 2.39. The van der Waals surface area contributed by atoms with Crippen LogP contribution >= 0.6 is 0 Å². The van der Waals surface area contributed by atoms with Crippen molar-refractivity contribution in [1.29, 1.82) is 0 Å². The Morgan fingerprint density at radius 3 is 2.24 bits per heavy atom. The Bertz CT molecular complexity index is 449. The molecule has 120 valence electrons. The molecule has 1 aromatic heterocycles. The van der Waals surface area contributed by atoms with E-state index in [0.29, 0.717) is 6.04 Å². The van der Waals surface area contributed by atoms with Crippen LogP contribution in [-0.4, -0.2) is 22.6 Å². The maximum Gasteiger partial charge on any atom is 0.138 e. The third-order valence-corrected chi connectivity index (χ3v) is 3.53. The maximum atomic E-state index is 4.77. The van der Waals surface area contributed by atoms with Gasteiger partial charge in [-0.3, -0.25) is 0 Å². The summed E-state index contributed by atoms with van der Waals surface area (Å²) in [6.07, 6.45) is 3.64. The highest BCUT2D eigenvalue weighted by atomic mass is 15.1. The number of anilines is 2. The van der Waals surface area contributed by atoms with E-state index in [-0.39, 0.29) is 5.41 Å². The van der Waals surface area contributed by atoms with Crippen molar-refractivity contribution >= 4 is 11.6 Å². The minimum Gasteiger partial charge on any atom is -0.370 e. The van der Waals surface area contributed by atoms with Crippen molar-refractivity contribution in [2.45, 2.75) is 79.2 Å². The van der Waals surface area contributed by atoms with Gasteiger partial charge in [-0.1, -0.05) is 40.5 Å². The van der Waals surface area contributed by atoms with Gasteiger partial charge in [0.05, 0.1) is 0 Å². The lowest BCUT2D eigenvalue weighted by Crippen LogP contribution is -2.22. The Balaban J connectivity index is 3.08. The molecule has 0 saturated heterocycles. The molecule has 0 aliphatic heterocycles. The molecule has 0 aromatic carbocycles. The largest absolute Gasteiger partial charge is 0.370 e. The van der Waals surface area contributed by atoms with Gasteiger partial charge in [0, 0.05) is 23.6 Å². The standard InChI is InChI=1S/C17H32N4/c1-8-10-11-12(3)19-15-13(4)14(18-9-2)20-16(21-15)17(5,6)7/h12H,8-11H2,1-7H3,(H2,18,19,20,21). The van der Waals surface area contributed by atoms with E-state index in [4.69, 9.17) is 9.97 Å². The first-order valence-electron chi connectivity index (χ1n) is 8.19. The predicted octanol–water partition coefficient (Wildman–Crippen LogP) is 4.50. The fourth-order valence-corrected chi connectivity index (χ4v) is 2.15. The summed E-state index contributed by atoms with van der Waals surface area (Å²) in [6, 6.07) is 0.431. The summed E-state index contributed by atoms with van der Waals surface area (Å²) in [5.74, 6) is 2.80. The molecule has 0 aliphatic rings. The van der Waals surface area contributed by atoms with Gasteiger partial charge in [-0.15, -0.1) is 0 Å². The summed E-state index contributed by atoms with van der Waals surface area (Å²) in [7, 11) is 0. The van der Waals surface area contributed by atoms with Gasteiger partial charge in [-0.05, 0) is 27.2 Å². The van der Waals surface area contributed by atoms with Crippen LogP contribution in [0.5, 0.6) is 0 Å². The summed E-state index contributed by atoms with van der Waals surface area (Å²) in [6.45, 7) is 15.9. The second-order valence-corrected chi connectivity index (χ2v) is 6.84. The molecule has 4 heteroatoms. The van der Waals surface area contributed by atoms with E-state index in [9.17, 15) is 0 Å². The van der Waals surface area contributed by atoms with Gasteiger partial charge in [0.1, 0.15) is 17.5 Å². The Morgan fingerprint density at radius 2 is 1.71 bits per heavy atom. The van der Waals surface area contributed by atoms with E-state index in [1.165, 1.54) is 19.3 Å². The monoisotopic (exact) mass is 292 g/mol. The highest BCUT2D eigenvalue weighted by molar-refractivity contribution is 5.58. The molecule has 2 N–H and O–H groups in total. The second kappa shape index (κ2) is 7.62. The van der Waals surface area contributed by atoms with Crippen molar-refractivity contribution in [3.8, 4) is 0 Å². The number of unbranched alkanes of at least 4 members (excludes halogenated alkanes) is 1. The second-order valence-electron chi connectivity index (χ2n) is 6.84. The first-order chi connectivity index (χ1) is 9.79. The molecule has 0 aliphatic carbocycles. The molecule has 21 heavy (non-hydrogen) atoms. The SMILES string of the molecule is CCCCC(C)Nc1nc(C(C)(C)C)nc(NCC)c1C. The number of hydrogen-bond acceptors (Lipinski definition) is 4. The van der Waals surface area contributed by atoms with Crippen LogP contribution in [-0.2, 0) is 5.41 Å². The lowest BCUT2D eigenvalue weighted by Gasteiger charge is -2.23. The highest BCUT2D eigenvalue weighted by Crippen LogP contribution is 2.27. The number of aromatic nitrogens is 2. The van der Waals surface area contributed by atoms with Crippen molar-refractivity contribution in [2.24, 2.45) is 0 Å². The zero-order valence-corrected chi connectivity index (χ0v) is 14.8. The van der Waals surface area contributed by atoms with Gasteiger partial charge in [0.25, 0.3) is 0 Å². The summed E-state index contributed by atoms with van der Waals surface area (Å²) in [4.78, 5) is 9.47. The molecule has 1 heterocycles. The molecule has 0 spiro atoms. The van der Waals surface area contributed by atoms with Gasteiger partial charge < -0.3 is 10.6 Å². The number of hydrogen-bond donors (Lipinski definition) is 2. The van der Waals surface area contributed by atoms with Crippen LogP contribution in [0.2, 0.25) is 0 Å². The smallest absolute Gasteiger partial charge is 0.138 e. The minimum atomic E-state index is -0.0546. The zero-order chi connectivity index (χ0) is 16.0. The van der Waals surface area contributed by atoms with Gasteiger partial charge in [-0.25, -0.2) is 9.97 Å². The highest BCUT2D eigenvalue weighted by Gasteiger charge is 2.21.